The first-order valence-corrected chi connectivity index (χ1v) is 11.8. The maximum atomic E-state index is 12.3. The summed E-state index contributed by atoms with van der Waals surface area (Å²) in [6.45, 7) is 10.2. The Labute approximate surface area is 202 Å². The van der Waals surface area contributed by atoms with E-state index in [4.69, 9.17) is 22.4 Å². The number of piperidine rings is 1. The first kappa shape index (κ1) is 25.0. The van der Waals surface area contributed by atoms with E-state index in [-0.39, 0.29) is 11.6 Å². The molecule has 1 fully saturated rings. The molecule has 1 aliphatic heterocycles. The number of primary amides is 1. The van der Waals surface area contributed by atoms with Crippen LogP contribution in [0.1, 0.15) is 41.7 Å². The van der Waals surface area contributed by atoms with Gasteiger partial charge in [-0.1, -0.05) is 49.0 Å². The van der Waals surface area contributed by atoms with Crippen molar-refractivity contribution < 1.29 is 14.7 Å². The number of nitriles is 1. The first-order valence-electron chi connectivity index (χ1n) is 10.9. The lowest BCUT2D eigenvalue weighted by molar-refractivity contribution is -0.124. The van der Waals surface area contributed by atoms with E-state index < -0.39 is 23.7 Å². The quantitative estimate of drug-likeness (QED) is 0.391. The Hall–Kier alpha value is -3.60. The van der Waals surface area contributed by atoms with Gasteiger partial charge in [-0.3, -0.25) is 9.59 Å². The molecule has 2 amide bonds. The molecule has 4 N–H and O–H groups in total. The average Bonchev–Trinajstić information content (AvgIpc) is 2.86. The van der Waals surface area contributed by atoms with Crippen LogP contribution in [-0.4, -0.2) is 47.6 Å². The van der Waals surface area contributed by atoms with Gasteiger partial charge < -0.3 is 21.1 Å². The lowest BCUT2D eigenvalue weighted by Crippen LogP contribution is -2.45. The summed E-state index contributed by atoms with van der Waals surface area (Å²) in [4.78, 5) is 34.2. The van der Waals surface area contributed by atoms with E-state index >= 15 is 0 Å². The standard InChI is InChI=1S/C24H26N6O3S/c1-3-17-18(13-25)24(34-21(22(26)33)15-7-5-4-6-8-15)29-23(20(17)27-2)30-11-9-16(10-12-30)28-19(32)14-31/h4-8,16,21,31H,3,9-12,14H2,1H3,(H2,26,33)(H,28,32). The second-order valence-electron chi connectivity index (χ2n) is 7.82. The van der Waals surface area contributed by atoms with Crippen LogP contribution in [0.25, 0.3) is 4.85 Å². The number of aliphatic hydroxyl groups is 1. The largest absolute Gasteiger partial charge is 0.387 e. The molecule has 1 saturated heterocycles. The van der Waals surface area contributed by atoms with Crippen molar-refractivity contribution in [2.24, 2.45) is 5.73 Å². The van der Waals surface area contributed by atoms with Crippen molar-refractivity contribution in [2.45, 2.75) is 42.5 Å². The van der Waals surface area contributed by atoms with Gasteiger partial charge in [0.1, 0.15) is 28.8 Å². The lowest BCUT2D eigenvalue weighted by atomic mass is 10.0. The number of nitrogens with two attached hydrogens (primary N) is 1. The number of amides is 2. The number of aliphatic hydroxyl groups excluding tert-OH is 1. The summed E-state index contributed by atoms with van der Waals surface area (Å²) in [6.07, 6.45) is 1.71. The van der Waals surface area contributed by atoms with E-state index in [1.165, 1.54) is 0 Å². The molecule has 0 saturated carbocycles. The van der Waals surface area contributed by atoms with Crippen LogP contribution in [0.2, 0.25) is 0 Å². The Bertz CT molecular complexity index is 1130. The highest BCUT2D eigenvalue weighted by molar-refractivity contribution is 8.00. The Morgan fingerprint density at radius 3 is 2.59 bits per heavy atom. The van der Waals surface area contributed by atoms with Crippen LogP contribution in [0.4, 0.5) is 11.5 Å². The zero-order valence-electron chi connectivity index (χ0n) is 18.8. The number of nitrogens with zero attached hydrogens (tertiary/aromatic N) is 4. The van der Waals surface area contributed by atoms with Gasteiger partial charge in [0.05, 0.1) is 12.1 Å². The summed E-state index contributed by atoms with van der Waals surface area (Å²) >= 11 is 1.12. The molecular weight excluding hydrogens is 452 g/mol. The topological polar surface area (TPSA) is 137 Å². The van der Waals surface area contributed by atoms with Gasteiger partial charge in [0.15, 0.2) is 0 Å². The van der Waals surface area contributed by atoms with Gasteiger partial charge >= 0.3 is 0 Å². The van der Waals surface area contributed by atoms with Crippen molar-refractivity contribution in [3.05, 3.63) is 58.4 Å². The zero-order valence-corrected chi connectivity index (χ0v) is 19.6. The van der Waals surface area contributed by atoms with Gasteiger partial charge in [-0.05, 0) is 30.4 Å². The fraction of sp³-hybridized carbons (Fsp3) is 0.375. The lowest BCUT2D eigenvalue weighted by Gasteiger charge is -2.34. The van der Waals surface area contributed by atoms with E-state index in [0.717, 1.165) is 11.8 Å². The van der Waals surface area contributed by atoms with Gasteiger partial charge in [0.25, 0.3) is 0 Å². The summed E-state index contributed by atoms with van der Waals surface area (Å²) in [5, 5.41) is 21.3. The summed E-state index contributed by atoms with van der Waals surface area (Å²) in [6, 6.07) is 11.2. The molecule has 10 heteroatoms. The third-order valence-corrected chi connectivity index (χ3v) is 6.95. The van der Waals surface area contributed by atoms with Crippen molar-refractivity contribution in [3.8, 4) is 6.07 Å². The van der Waals surface area contributed by atoms with Crippen LogP contribution in [0.5, 0.6) is 0 Å². The maximum absolute atomic E-state index is 12.3. The van der Waals surface area contributed by atoms with Crippen LogP contribution in [0.3, 0.4) is 0 Å². The number of anilines is 1. The molecule has 3 rings (SSSR count). The second kappa shape index (κ2) is 11.5. The number of carbonyl (C=O) groups is 2. The van der Waals surface area contributed by atoms with Crippen LogP contribution in [0, 0.1) is 17.9 Å². The average molecular weight is 479 g/mol. The molecule has 1 atom stereocenters. The molecule has 9 nitrogen and oxygen atoms in total. The number of hydrogen-bond acceptors (Lipinski definition) is 7. The SMILES string of the molecule is [C-]#[N+]c1c(N2CCC(NC(=O)CO)CC2)nc(SC(C(N)=O)c2ccccc2)c(C#N)c1CC. The Balaban J connectivity index is 1.99. The van der Waals surface area contributed by atoms with Crippen LogP contribution in [0.15, 0.2) is 35.4 Å². The van der Waals surface area contributed by atoms with Crippen molar-refractivity contribution in [3.63, 3.8) is 0 Å². The second-order valence-corrected chi connectivity index (χ2v) is 8.91. The molecule has 1 aromatic heterocycles. The molecule has 0 spiro atoms. The van der Waals surface area contributed by atoms with Crippen LogP contribution >= 0.6 is 11.8 Å². The van der Waals surface area contributed by atoms with Gasteiger partial charge in [0.2, 0.25) is 17.5 Å². The molecule has 1 aliphatic rings. The fourth-order valence-electron chi connectivity index (χ4n) is 4.01. The number of hydrogen-bond donors (Lipinski definition) is 3. The smallest absolute Gasteiger partial charge is 0.245 e. The summed E-state index contributed by atoms with van der Waals surface area (Å²) in [5.74, 6) is -0.491. The number of rotatable bonds is 8. The molecular formula is C24H26N6O3S. The van der Waals surface area contributed by atoms with Crippen molar-refractivity contribution in [2.75, 3.05) is 24.6 Å². The molecule has 34 heavy (non-hydrogen) atoms. The maximum Gasteiger partial charge on any atom is 0.245 e. The Morgan fingerprint density at radius 1 is 1.38 bits per heavy atom. The monoisotopic (exact) mass is 478 g/mol. The predicted octanol–water partition coefficient (Wildman–Crippen LogP) is 2.46. The van der Waals surface area contributed by atoms with E-state index in [2.05, 4.69) is 16.2 Å². The van der Waals surface area contributed by atoms with Crippen molar-refractivity contribution in [1.82, 2.24) is 10.3 Å². The van der Waals surface area contributed by atoms with Crippen LogP contribution < -0.4 is 16.0 Å². The van der Waals surface area contributed by atoms with Gasteiger partial charge in [-0.15, -0.1) is 0 Å². The molecule has 2 heterocycles. The number of thioether (sulfide) groups is 1. The minimum Gasteiger partial charge on any atom is -0.387 e. The Morgan fingerprint density at radius 2 is 2.06 bits per heavy atom. The third kappa shape index (κ3) is 5.48. The molecule has 0 radical (unpaired) electrons. The normalized spacial score (nSPS) is 14.6. The summed E-state index contributed by atoms with van der Waals surface area (Å²) in [5.41, 5.74) is 7.62. The highest BCUT2D eigenvalue weighted by Crippen LogP contribution is 2.43. The van der Waals surface area contributed by atoms with E-state index in [1.807, 2.05) is 30.0 Å². The molecule has 2 aromatic rings. The number of nitrogens with one attached hydrogen (secondary N) is 1. The molecule has 1 aromatic carbocycles. The van der Waals surface area contributed by atoms with E-state index in [1.54, 1.807) is 12.1 Å². The van der Waals surface area contributed by atoms with E-state index in [0.29, 0.717) is 60.0 Å². The Kier molecular flexibility index (Phi) is 8.47. The number of carbonyl (C=O) groups excluding carboxylic acids is 2. The highest BCUT2D eigenvalue weighted by atomic mass is 32.2. The van der Waals surface area contributed by atoms with Crippen molar-refractivity contribution >= 4 is 35.1 Å². The van der Waals surface area contributed by atoms with Gasteiger partial charge in [0, 0.05) is 19.1 Å². The van der Waals surface area contributed by atoms with Crippen molar-refractivity contribution in [1.29, 1.82) is 5.26 Å². The van der Waals surface area contributed by atoms with Crippen LogP contribution in [-0.2, 0) is 16.0 Å². The highest BCUT2D eigenvalue weighted by Gasteiger charge is 2.29. The molecule has 0 bridgehead atoms. The van der Waals surface area contributed by atoms with E-state index in [9.17, 15) is 14.9 Å². The van der Waals surface area contributed by atoms with Gasteiger partial charge in [-0.2, -0.15) is 5.26 Å². The third-order valence-electron chi connectivity index (χ3n) is 5.69. The number of pyridine rings is 1. The number of aromatic nitrogens is 1. The fourth-order valence-corrected chi connectivity index (χ4v) is 5.07. The number of benzene rings is 1. The summed E-state index contributed by atoms with van der Waals surface area (Å²) in [7, 11) is 0. The zero-order chi connectivity index (χ0) is 24.7. The van der Waals surface area contributed by atoms with Gasteiger partial charge in [-0.25, -0.2) is 9.83 Å². The summed E-state index contributed by atoms with van der Waals surface area (Å²) < 4.78 is 0. The minimum absolute atomic E-state index is 0.0671. The predicted molar refractivity (Wildman–Crippen MR) is 129 cm³/mol. The minimum atomic E-state index is -0.739. The molecule has 0 aliphatic carbocycles. The molecule has 176 valence electrons. The first-order chi connectivity index (χ1) is 16.4. The molecule has 1 unspecified atom stereocenters.